The molecule has 1 rings (SSSR count). The molecule has 1 atom stereocenters. The molecule has 1 aliphatic carbocycles. The van der Waals surface area contributed by atoms with E-state index in [0.717, 1.165) is 17.4 Å². The van der Waals surface area contributed by atoms with Crippen LogP contribution < -0.4 is 0 Å². The highest BCUT2D eigenvalue weighted by atomic mass is 35.5. The maximum Gasteiger partial charge on any atom is 0.503 e. The van der Waals surface area contributed by atoms with Gasteiger partial charge < -0.3 is 10.2 Å². The number of carbonyl (C=O) groups is 1. The highest BCUT2D eigenvalue weighted by molar-refractivity contribution is 6.29. The van der Waals surface area contributed by atoms with Gasteiger partial charge in [0.1, 0.15) is 0 Å². The molecule has 0 aromatic heterocycles. The summed E-state index contributed by atoms with van der Waals surface area (Å²) < 4.78 is 0. The molecule has 0 aromatic carbocycles. The van der Waals surface area contributed by atoms with Crippen molar-refractivity contribution in [3.63, 3.8) is 0 Å². The first-order valence-electron chi connectivity index (χ1n) is 6.07. The van der Waals surface area contributed by atoms with Gasteiger partial charge in [-0.3, -0.25) is 0 Å². The van der Waals surface area contributed by atoms with E-state index in [2.05, 4.69) is 26.8 Å². The third-order valence-electron chi connectivity index (χ3n) is 2.99. The third-order valence-corrected chi connectivity index (χ3v) is 3.31. The number of carboxylic acid groups (broad SMARTS) is 2. The molecule has 100 valence electrons. The van der Waals surface area contributed by atoms with Crippen LogP contribution in [0.2, 0.25) is 0 Å². The SMILES string of the molecule is CCCCC/C(Cl)=C/C1CC1(C)C.O=C(O)O. The Bertz CT molecular complexity index is 268. The molecule has 0 amide bonds. The third kappa shape index (κ3) is 9.04. The van der Waals surface area contributed by atoms with Crippen molar-refractivity contribution in [2.75, 3.05) is 0 Å². The van der Waals surface area contributed by atoms with Gasteiger partial charge in [-0.05, 0) is 30.6 Å². The van der Waals surface area contributed by atoms with Gasteiger partial charge in [0.15, 0.2) is 0 Å². The quantitative estimate of drug-likeness (QED) is 0.689. The first-order valence-corrected chi connectivity index (χ1v) is 6.45. The number of unbranched alkanes of at least 4 members (excludes halogenated alkanes) is 2. The topological polar surface area (TPSA) is 57.5 Å². The Hall–Kier alpha value is -0.700. The molecule has 3 nitrogen and oxygen atoms in total. The monoisotopic (exact) mass is 262 g/mol. The zero-order valence-corrected chi connectivity index (χ0v) is 11.6. The fourth-order valence-corrected chi connectivity index (χ4v) is 1.92. The largest absolute Gasteiger partial charge is 0.503 e. The van der Waals surface area contributed by atoms with Gasteiger partial charge in [-0.2, -0.15) is 0 Å². The maximum absolute atomic E-state index is 8.56. The number of allylic oxidation sites excluding steroid dienone is 2. The van der Waals surface area contributed by atoms with E-state index >= 15 is 0 Å². The molecule has 0 radical (unpaired) electrons. The zero-order valence-electron chi connectivity index (χ0n) is 10.9. The van der Waals surface area contributed by atoms with Crippen LogP contribution in [0.4, 0.5) is 4.79 Å². The van der Waals surface area contributed by atoms with Gasteiger partial charge in [-0.15, -0.1) is 0 Å². The summed E-state index contributed by atoms with van der Waals surface area (Å²) in [7, 11) is 0. The summed E-state index contributed by atoms with van der Waals surface area (Å²) in [5.41, 5.74) is 0.533. The average molecular weight is 263 g/mol. The van der Waals surface area contributed by atoms with E-state index in [-0.39, 0.29) is 0 Å². The second-order valence-electron chi connectivity index (χ2n) is 5.15. The molecular weight excluding hydrogens is 240 g/mol. The predicted molar refractivity (Wildman–Crippen MR) is 70.6 cm³/mol. The van der Waals surface area contributed by atoms with Crippen molar-refractivity contribution in [2.24, 2.45) is 11.3 Å². The Labute approximate surface area is 108 Å². The molecule has 1 saturated carbocycles. The zero-order chi connectivity index (χ0) is 13.5. The first kappa shape index (κ1) is 16.3. The molecule has 1 fully saturated rings. The Kier molecular flexibility index (Phi) is 7.28. The Morgan fingerprint density at radius 1 is 1.41 bits per heavy atom. The molecule has 0 bridgehead atoms. The van der Waals surface area contributed by atoms with Crippen LogP contribution >= 0.6 is 11.6 Å². The lowest BCUT2D eigenvalue weighted by molar-refractivity contribution is 0.137. The lowest BCUT2D eigenvalue weighted by Crippen LogP contribution is -1.87. The second-order valence-corrected chi connectivity index (χ2v) is 5.64. The number of hydrogen-bond donors (Lipinski definition) is 2. The van der Waals surface area contributed by atoms with Crippen LogP contribution in [0.3, 0.4) is 0 Å². The summed E-state index contributed by atoms with van der Waals surface area (Å²) >= 11 is 6.14. The van der Waals surface area contributed by atoms with Crippen molar-refractivity contribution < 1.29 is 15.0 Å². The molecule has 1 aliphatic rings. The summed E-state index contributed by atoms with van der Waals surface area (Å²) in [5.74, 6) is 0.752. The summed E-state index contributed by atoms with van der Waals surface area (Å²) in [6.45, 7) is 6.84. The van der Waals surface area contributed by atoms with Crippen molar-refractivity contribution in [2.45, 2.75) is 52.9 Å². The van der Waals surface area contributed by atoms with Crippen LogP contribution in [0.5, 0.6) is 0 Å². The standard InChI is InChI=1S/C12H21Cl.CH2O3/c1-4-5-6-7-11(13)8-10-9-12(10,2)3;2-1(3)4/h8,10H,4-7,9H2,1-3H3;(H2,2,3,4)/b11-8-;. The van der Waals surface area contributed by atoms with Gasteiger partial charge in [0.25, 0.3) is 0 Å². The summed E-state index contributed by atoms with van der Waals surface area (Å²) in [5, 5.41) is 15.0. The van der Waals surface area contributed by atoms with Crippen LogP contribution in [0, 0.1) is 11.3 Å². The normalized spacial score (nSPS) is 21.4. The number of hydrogen-bond acceptors (Lipinski definition) is 1. The lowest BCUT2D eigenvalue weighted by atomic mass is 10.1. The number of rotatable bonds is 5. The predicted octanol–water partition coefficient (Wildman–Crippen LogP) is 4.96. The van der Waals surface area contributed by atoms with Gasteiger partial charge >= 0.3 is 6.16 Å². The first-order chi connectivity index (χ1) is 7.79. The van der Waals surface area contributed by atoms with Gasteiger partial charge in [-0.1, -0.05) is 51.3 Å². The van der Waals surface area contributed by atoms with Crippen LogP contribution in [0.1, 0.15) is 52.9 Å². The highest BCUT2D eigenvalue weighted by Gasteiger charge is 2.43. The van der Waals surface area contributed by atoms with Gasteiger partial charge in [0.05, 0.1) is 0 Å². The summed E-state index contributed by atoms with van der Waals surface area (Å²) in [4.78, 5) is 8.56. The van der Waals surface area contributed by atoms with Crippen LogP contribution in [-0.4, -0.2) is 16.4 Å². The molecule has 17 heavy (non-hydrogen) atoms. The average Bonchev–Trinajstić information content (AvgIpc) is 2.72. The van der Waals surface area contributed by atoms with E-state index in [4.69, 9.17) is 26.6 Å². The van der Waals surface area contributed by atoms with Crippen LogP contribution in [0.15, 0.2) is 11.1 Å². The Morgan fingerprint density at radius 3 is 2.24 bits per heavy atom. The van der Waals surface area contributed by atoms with E-state index in [1.54, 1.807) is 0 Å². The Balaban J connectivity index is 0.000000557. The van der Waals surface area contributed by atoms with E-state index in [9.17, 15) is 0 Å². The molecule has 2 N–H and O–H groups in total. The van der Waals surface area contributed by atoms with Crippen molar-refractivity contribution in [1.29, 1.82) is 0 Å². The molecule has 4 heteroatoms. The van der Waals surface area contributed by atoms with Gasteiger partial charge in [0, 0.05) is 5.03 Å². The van der Waals surface area contributed by atoms with Gasteiger partial charge in [0.2, 0.25) is 0 Å². The molecular formula is C13H23ClO3. The van der Waals surface area contributed by atoms with E-state index in [0.29, 0.717) is 5.41 Å². The minimum absolute atomic E-state index is 0.533. The molecule has 0 heterocycles. The minimum Gasteiger partial charge on any atom is -0.450 e. The molecule has 0 saturated heterocycles. The van der Waals surface area contributed by atoms with Gasteiger partial charge in [-0.25, -0.2) is 4.79 Å². The second kappa shape index (κ2) is 7.59. The van der Waals surface area contributed by atoms with Crippen molar-refractivity contribution >= 4 is 17.8 Å². The molecule has 0 aliphatic heterocycles. The maximum atomic E-state index is 8.56. The Morgan fingerprint density at radius 2 is 1.88 bits per heavy atom. The molecule has 1 unspecified atom stereocenters. The summed E-state index contributed by atoms with van der Waals surface area (Å²) in [6.07, 6.45) is 6.67. The fraction of sp³-hybridized carbons (Fsp3) is 0.769. The highest BCUT2D eigenvalue weighted by Crippen LogP contribution is 2.53. The van der Waals surface area contributed by atoms with Crippen molar-refractivity contribution in [3.8, 4) is 0 Å². The minimum atomic E-state index is -1.83. The van der Waals surface area contributed by atoms with Crippen molar-refractivity contribution in [3.05, 3.63) is 11.1 Å². The van der Waals surface area contributed by atoms with Crippen molar-refractivity contribution in [1.82, 2.24) is 0 Å². The van der Waals surface area contributed by atoms with E-state index in [1.165, 1.54) is 25.7 Å². The lowest BCUT2D eigenvalue weighted by Gasteiger charge is -2.00. The summed E-state index contributed by atoms with van der Waals surface area (Å²) in [6, 6.07) is 0. The van der Waals surface area contributed by atoms with E-state index < -0.39 is 6.16 Å². The molecule has 0 aromatic rings. The molecule has 0 spiro atoms. The van der Waals surface area contributed by atoms with Crippen LogP contribution in [-0.2, 0) is 0 Å². The fourth-order valence-electron chi connectivity index (χ4n) is 1.64. The van der Waals surface area contributed by atoms with Crippen LogP contribution in [0.25, 0.3) is 0 Å². The smallest absolute Gasteiger partial charge is 0.450 e. The number of halogens is 1. The van der Waals surface area contributed by atoms with E-state index in [1.807, 2.05) is 0 Å².